The Morgan fingerprint density at radius 2 is 2.13 bits per heavy atom. The van der Waals surface area contributed by atoms with Crippen LogP contribution in [-0.2, 0) is 4.79 Å². The molecule has 3 aromatic rings. The van der Waals surface area contributed by atoms with E-state index in [1.165, 1.54) is 6.07 Å². The van der Waals surface area contributed by atoms with E-state index in [-0.39, 0.29) is 11.7 Å². The highest BCUT2D eigenvalue weighted by molar-refractivity contribution is 8.01. The number of carbonyl (C=O) groups is 1. The van der Waals surface area contributed by atoms with Crippen molar-refractivity contribution in [1.82, 2.24) is 4.98 Å². The van der Waals surface area contributed by atoms with Crippen molar-refractivity contribution in [3.05, 3.63) is 53.8 Å². The minimum absolute atomic E-state index is 0.123. The maximum Gasteiger partial charge on any atom is 0.225 e. The van der Waals surface area contributed by atoms with Crippen LogP contribution in [0.4, 0.5) is 10.1 Å². The van der Waals surface area contributed by atoms with Crippen molar-refractivity contribution >= 4 is 44.9 Å². The lowest BCUT2D eigenvalue weighted by molar-refractivity contribution is -0.115. The Bertz CT molecular complexity index is 814. The van der Waals surface area contributed by atoms with Crippen LogP contribution in [0.25, 0.3) is 10.2 Å². The van der Waals surface area contributed by atoms with Crippen molar-refractivity contribution in [2.75, 3.05) is 11.1 Å². The number of amides is 1. The summed E-state index contributed by atoms with van der Waals surface area (Å²) in [4.78, 5) is 16.4. The molecule has 23 heavy (non-hydrogen) atoms. The van der Waals surface area contributed by atoms with E-state index in [4.69, 9.17) is 0 Å². The third-order valence-electron chi connectivity index (χ3n) is 3.28. The summed E-state index contributed by atoms with van der Waals surface area (Å²) >= 11 is 3.19. The minimum atomic E-state index is -0.313. The molecule has 0 fully saturated rings. The van der Waals surface area contributed by atoms with E-state index in [2.05, 4.69) is 10.3 Å². The molecule has 118 valence electrons. The summed E-state index contributed by atoms with van der Waals surface area (Å²) in [5, 5.41) is 2.71. The molecule has 0 radical (unpaired) electrons. The molecule has 0 aliphatic carbocycles. The monoisotopic (exact) mass is 346 g/mol. The Balaban J connectivity index is 1.51. The highest BCUT2D eigenvalue weighted by Crippen LogP contribution is 2.29. The zero-order chi connectivity index (χ0) is 16.2. The van der Waals surface area contributed by atoms with Gasteiger partial charge in [0, 0.05) is 17.9 Å². The zero-order valence-corrected chi connectivity index (χ0v) is 14.1. The van der Waals surface area contributed by atoms with Gasteiger partial charge in [0.1, 0.15) is 5.82 Å². The van der Waals surface area contributed by atoms with Crippen LogP contribution in [0.1, 0.15) is 12.0 Å². The summed E-state index contributed by atoms with van der Waals surface area (Å²) in [6, 6.07) is 12.7. The molecule has 0 unspecified atom stereocenters. The Morgan fingerprint density at radius 3 is 2.91 bits per heavy atom. The molecule has 0 atom stereocenters. The first kappa shape index (κ1) is 16.0. The number of carbonyl (C=O) groups excluding carboxylic acids is 1. The average Bonchev–Trinajstić information content (AvgIpc) is 2.93. The van der Waals surface area contributed by atoms with Crippen molar-refractivity contribution < 1.29 is 9.18 Å². The molecular formula is C17H15FN2OS2. The summed E-state index contributed by atoms with van der Waals surface area (Å²) in [7, 11) is 0. The van der Waals surface area contributed by atoms with Gasteiger partial charge in [-0.15, -0.1) is 11.3 Å². The van der Waals surface area contributed by atoms with Gasteiger partial charge in [0.2, 0.25) is 5.91 Å². The van der Waals surface area contributed by atoms with Crippen LogP contribution in [0.3, 0.4) is 0 Å². The number of para-hydroxylation sites is 1. The minimum Gasteiger partial charge on any atom is -0.326 e. The molecule has 1 heterocycles. The first-order valence-electron chi connectivity index (χ1n) is 7.16. The highest BCUT2D eigenvalue weighted by atomic mass is 32.2. The Kier molecular flexibility index (Phi) is 4.93. The number of nitrogens with one attached hydrogen (secondary N) is 1. The van der Waals surface area contributed by atoms with Crippen molar-refractivity contribution in [3.63, 3.8) is 0 Å². The standard InChI is InChI=1S/C17H15FN2OS2/c1-11-6-7-12(10-13(11)18)19-16(21)8-9-22-17-20-14-4-2-3-5-15(14)23-17/h2-7,10H,8-9H2,1H3,(H,19,21). The number of halogens is 1. The smallest absolute Gasteiger partial charge is 0.225 e. The van der Waals surface area contributed by atoms with E-state index in [1.807, 2.05) is 24.3 Å². The fraction of sp³-hybridized carbons (Fsp3) is 0.176. The second kappa shape index (κ2) is 7.10. The van der Waals surface area contributed by atoms with Gasteiger partial charge in [0.15, 0.2) is 4.34 Å². The van der Waals surface area contributed by atoms with E-state index in [0.29, 0.717) is 23.4 Å². The second-order valence-corrected chi connectivity index (χ2v) is 7.43. The first-order valence-corrected chi connectivity index (χ1v) is 8.96. The fourth-order valence-electron chi connectivity index (χ4n) is 2.04. The van der Waals surface area contributed by atoms with Crippen LogP contribution < -0.4 is 5.32 Å². The third kappa shape index (κ3) is 4.09. The van der Waals surface area contributed by atoms with Gasteiger partial charge in [-0.25, -0.2) is 9.37 Å². The Labute approximate surface area is 141 Å². The number of fused-ring (bicyclic) bond motifs is 1. The van der Waals surface area contributed by atoms with Crippen LogP contribution in [-0.4, -0.2) is 16.6 Å². The Hall–Kier alpha value is -1.92. The van der Waals surface area contributed by atoms with Crippen molar-refractivity contribution in [2.45, 2.75) is 17.7 Å². The fourth-order valence-corrected chi connectivity index (χ4v) is 4.11. The number of thioether (sulfide) groups is 1. The number of thiazole rings is 1. The zero-order valence-electron chi connectivity index (χ0n) is 12.5. The van der Waals surface area contributed by atoms with Crippen LogP contribution in [0.5, 0.6) is 0 Å². The van der Waals surface area contributed by atoms with Gasteiger partial charge in [0.05, 0.1) is 10.2 Å². The molecule has 0 aliphatic rings. The van der Waals surface area contributed by atoms with E-state index < -0.39 is 0 Å². The predicted molar refractivity (Wildman–Crippen MR) is 94.7 cm³/mol. The van der Waals surface area contributed by atoms with E-state index in [1.54, 1.807) is 42.2 Å². The van der Waals surface area contributed by atoms with Crippen LogP contribution in [0, 0.1) is 12.7 Å². The summed E-state index contributed by atoms with van der Waals surface area (Å²) in [6.45, 7) is 1.69. The number of benzene rings is 2. The van der Waals surface area contributed by atoms with Gasteiger partial charge in [0.25, 0.3) is 0 Å². The lowest BCUT2D eigenvalue weighted by atomic mass is 10.2. The Morgan fingerprint density at radius 1 is 1.30 bits per heavy atom. The molecule has 0 spiro atoms. The van der Waals surface area contributed by atoms with Crippen LogP contribution >= 0.6 is 23.1 Å². The molecule has 6 heteroatoms. The van der Waals surface area contributed by atoms with Gasteiger partial charge in [-0.1, -0.05) is 30.0 Å². The maximum atomic E-state index is 13.4. The lowest BCUT2D eigenvalue weighted by Gasteiger charge is -2.05. The molecule has 2 aromatic carbocycles. The summed E-state index contributed by atoms with van der Waals surface area (Å²) in [5.74, 6) is 0.202. The van der Waals surface area contributed by atoms with Gasteiger partial charge < -0.3 is 5.32 Å². The first-order chi connectivity index (χ1) is 11.1. The lowest BCUT2D eigenvalue weighted by Crippen LogP contribution is -2.12. The van der Waals surface area contributed by atoms with Crippen molar-refractivity contribution in [2.24, 2.45) is 0 Å². The number of aryl methyl sites for hydroxylation is 1. The number of nitrogens with zero attached hydrogens (tertiary/aromatic N) is 1. The van der Waals surface area contributed by atoms with Crippen LogP contribution in [0.2, 0.25) is 0 Å². The number of hydrogen-bond acceptors (Lipinski definition) is 4. The van der Waals surface area contributed by atoms with Gasteiger partial charge >= 0.3 is 0 Å². The van der Waals surface area contributed by atoms with E-state index >= 15 is 0 Å². The molecule has 1 N–H and O–H groups in total. The van der Waals surface area contributed by atoms with Crippen molar-refractivity contribution in [1.29, 1.82) is 0 Å². The normalized spacial score (nSPS) is 10.9. The number of anilines is 1. The molecule has 1 aromatic heterocycles. The van der Waals surface area contributed by atoms with Gasteiger partial charge in [-0.2, -0.15) is 0 Å². The number of hydrogen-bond donors (Lipinski definition) is 1. The number of rotatable bonds is 5. The summed E-state index contributed by atoms with van der Waals surface area (Å²) in [5.41, 5.74) is 2.04. The molecule has 3 nitrogen and oxygen atoms in total. The molecule has 0 saturated heterocycles. The highest BCUT2D eigenvalue weighted by Gasteiger charge is 2.07. The molecule has 0 bridgehead atoms. The van der Waals surface area contributed by atoms with E-state index in [9.17, 15) is 9.18 Å². The van der Waals surface area contributed by atoms with Gasteiger partial charge in [-0.05, 0) is 36.8 Å². The third-order valence-corrected chi connectivity index (χ3v) is 5.47. The molecule has 1 amide bonds. The summed E-state index contributed by atoms with van der Waals surface area (Å²) in [6.07, 6.45) is 0.357. The SMILES string of the molecule is Cc1ccc(NC(=O)CCSc2nc3ccccc3s2)cc1F. The molecule has 0 saturated carbocycles. The predicted octanol–water partition coefficient (Wildman–Crippen LogP) is 4.86. The molecular weight excluding hydrogens is 331 g/mol. The summed E-state index contributed by atoms with van der Waals surface area (Å²) < 4.78 is 15.5. The van der Waals surface area contributed by atoms with Crippen LogP contribution in [0.15, 0.2) is 46.8 Å². The maximum absolute atomic E-state index is 13.4. The largest absolute Gasteiger partial charge is 0.326 e. The van der Waals surface area contributed by atoms with Crippen molar-refractivity contribution in [3.8, 4) is 0 Å². The number of aromatic nitrogens is 1. The molecule has 3 rings (SSSR count). The quantitative estimate of drug-likeness (QED) is 0.671. The topological polar surface area (TPSA) is 42.0 Å². The van der Waals surface area contributed by atoms with Gasteiger partial charge in [-0.3, -0.25) is 4.79 Å². The van der Waals surface area contributed by atoms with E-state index in [0.717, 1.165) is 14.6 Å². The molecule has 0 aliphatic heterocycles. The average molecular weight is 346 g/mol. The second-order valence-electron chi connectivity index (χ2n) is 5.06.